The first-order valence-corrected chi connectivity index (χ1v) is 5.30. The molecule has 2 N–H and O–H groups in total. The summed E-state index contributed by atoms with van der Waals surface area (Å²) in [4.78, 5) is 15.2. The van der Waals surface area contributed by atoms with Gasteiger partial charge in [-0.2, -0.15) is 4.37 Å². The SMILES string of the molecule is CCCNC(=O)CNc1nc(C)ns1. The van der Waals surface area contributed by atoms with E-state index >= 15 is 0 Å². The van der Waals surface area contributed by atoms with Gasteiger partial charge < -0.3 is 10.6 Å². The molecule has 0 saturated heterocycles. The largest absolute Gasteiger partial charge is 0.355 e. The molecule has 0 saturated carbocycles. The van der Waals surface area contributed by atoms with Gasteiger partial charge in [0.15, 0.2) is 0 Å². The van der Waals surface area contributed by atoms with Crippen LogP contribution in [0.5, 0.6) is 0 Å². The number of nitrogens with one attached hydrogen (secondary N) is 2. The zero-order valence-electron chi connectivity index (χ0n) is 8.33. The van der Waals surface area contributed by atoms with Gasteiger partial charge in [-0.1, -0.05) is 6.92 Å². The van der Waals surface area contributed by atoms with Gasteiger partial charge >= 0.3 is 0 Å². The van der Waals surface area contributed by atoms with E-state index in [9.17, 15) is 4.79 Å². The molecule has 6 heteroatoms. The number of amides is 1. The van der Waals surface area contributed by atoms with Crippen molar-refractivity contribution in [3.63, 3.8) is 0 Å². The van der Waals surface area contributed by atoms with Gasteiger partial charge in [-0.05, 0) is 13.3 Å². The molecule has 0 radical (unpaired) electrons. The van der Waals surface area contributed by atoms with Crippen LogP contribution in [0.25, 0.3) is 0 Å². The summed E-state index contributed by atoms with van der Waals surface area (Å²) in [6.07, 6.45) is 0.948. The van der Waals surface area contributed by atoms with Crippen molar-refractivity contribution < 1.29 is 4.79 Å². The average molecular weight is 214 g/mol. The Balaban J connectivity index is 2.23. The van der Waals surface area contributed by atoms with Crippen LogP contribution >= 0.6 is 11.5 Å². The minimum absolute atomic E-state index is 0.0142. The lowest BCUT2D eigenvalue weighted by molar-refractivity contribution is -0.119. The van der Waals surface area contributed by atoms with Crippen molar-refractivity contribution in [2.45, 2.75) is 20.3 Å². The Bertz CT molecular complexity index is 299. The molecule has 0 aromatic carbocycles. The van der Waals surface area contributed by atoms with Crippen molar-refractivity contribution in [3.8, 4) is 0 Å². The van der Waals surface area contributed by atoms with Crippen LogP contribution in [0.2, 0.25) is 0 Å². The van der Waals surface area contributed by atoms with E-state index in [4.69, 9.17) is 0 Å². The molecule has 78 valence electrons. The van der Waals surface area contributed by atoms with E-state index in [-0.39, 0.29) is 12.5 Å². The normalized spacial score (nSPS) is 9.86. The van der Waals surface area contributed by atoms with Gasteiger partial charge in [0.2, 0.25) is 11.0 Å². The van der Waals surface area contributed by atoms with Crippen LogP contribution in [0, 0.1) is 6.92 Å². The predicted octanol–water partition coefficient (Wildman–Crippen LogP) is 0.785. The highest BCUT2D eigenvalue weighted by molar-refractivity contribution is 7.09. The summed E-state index contributed by atoms with van der Waals surface area (Å²) < 4.78 is 3.99. The molecule has 1 heterocycles. The second kappa shape index (κ2) is 5.54. The molecular weight excluding hydrogens is 200 g/mol. The Labute approximate surface area is 87.1 Å². The van der Waals surface area contributed by atoms with E-state index < -0.39 is 0 Å². The second-order valence-electron chi connectivity index (χ2n) is 2.85. The first-order chi connectivity index (χ1) is 6.72. The van der Waals surface area contributed by atoms with E-state index in [1.807, 2.05) is 13.8 Å². The maximum absolute atomic E-state index is 11.2. The Morgan fingerprint density at radius 3 is 2.93 bits per heavy atom. The Morgan fingerprint density at radius 1 is 1.57 bits per heavy atom. The van der Waals surface area contributed by atoms with Crippen LogP contribution < -0.4 is 10.6 Å². The summed E-state index contributed by atoms with van der Waals surface area (Å²) >= 11 is 1.26. The smallest absolute Gasteiger partial charge is 0.239 e. The Morgan fingerprint density at radius 2 is 2.36 bits per heavy atom. The fraction of sp³-hybridized carbons (Fsp3) is 0.625. The standard InChI is InChI=1S/C8H14N4OS/c1-3-4-9-7(13)5-10-8-11-6(2)12-14-8/h3-5H2,1-2H3,(H,9,13)(H,10,11,12). The van der Waals surface area contributed by atoms with Gasteiger partial charge in [-0.3, -0.25) is 4.79 Å². The molecule has 0 fully saturated rings. The molecule has 14 heavy (non-hydrogen) atoms. The Kier molecular flexibility index (Phi) is 4.31. The Hall–Kier alpha value is -1.17. The highest BCUT2D eigenvalue weighted by atomic mass is 32.1. The fourth-order valence-electron chi connectivity index (χ4n) is 0.852. The summed E-state index contributed by atoms with van der Waals surface area (Å²) in [6.45, 7) is 4.81. The molecule has 0 aliphatic rings. The molecule has 0 aliphatic carbocycles. The lowest BCUT2D eigenvalue weighted by Gasteiger charge is -2.02. The lowest BCUT2D eigenvalue weighted by Crippen LogP contribution is -2.30. The topological polar surface area (TPSA) is 66.9 Å². The monoisotopic (exact) mass is 214 g/mol. The number of carbonyl (C=O) groups excluding carboxylic acids is 1. The summed E-state index contributed by atoms with van der Waals surface area (Å²) in [6, 6.07) is 0. The number of hydrogen-bond acceptors (Lipinski definition) is 5. The fourth-order valence-corrected chi connectivity index (χ4v) is 1.42. The number of nitrogens with zero attached hydrogens (tertiary/aromatic N) is 2. The summed E-state index contributed by atoms with van der Waals surface area (Å²) in [5.41, 5.74) is 0. The number of aryl methyl sites for hydroxylation is 1. The molecule has 1 aromatic rings. The zero-order valence-corrected chi connectivity index (χ0v) is 9.15. The third kappa shape index (κ3) is 3.69. The molecule has 0 atom stereocenters. The maximum Gasteiger partial charge on any atom is 0.239 e. The van der Waals surface area contributed by atoms with Crippen LogP contribution in [0.1, 0.15) is 19.2 Å². The maximum atomic E-state index is 11.2. The molecule has 0 bridgehead atoms. The molecule has 0 unspecified atom stereocenters. The lowest BCUT2D eigenvalue weighted by atomic mass is 10.4. The van der Waals surface area contributed by atoms with Gasteiger partial charge in [0.05, 0.1) is 6.54 Å². The minimum Gasteiger partial charge on any atom is -0.355 e. The average Bonchev–Trinajstić information content (AvgIpc) is 2.58. The quantitative estimate of drug-likeness (QED) is 0.760. The van der Waals surface area contributed by atoms with Crippen LogP contribution in [-0.4, -0.2) is 28.4 Å². The van der Waals surface area contributed by atoms with Crippen molar-refractivity contribution in [3.05, 3.63) is 5.82 Å². The van der Waals surface area contributed by atoms with Gasteiger partial charge in [0, 0.05) is 18.1 Å². The predicted molar refractivity (Wildman–Crippen MR) is 56.4 cm³/mol. The molecular formula is C8H14N4OS. The second-order valence-corrected chi connectivity index (χ2v) is 3.60. The van der Waals surface area contributed by atoms with Crippen molar-refractivity contribution in [1.82, 2.24) is 14.7 Å². The molecule has 0 spiro atoms. The van der Waals surface area contributed by atoms with E-state index in [2.05, 4.69) is 20.0 Å². The number of aromatic nitrogens is 2. The van der Waals surface area contributed by atoms with E-state index in [1.54, 1.807) is 0 Å². The van der Waals surface area contributed by atoms with E-state index in [0.29, 0.717) is 5.13 Å². The number of rotatable bonds is 5. The van der Waals surface area contributed by atoms with Crippen molar-refractivity contribution >= 4 is 22.6 Å². The molecule has 1 rings (SSSR count). The van der Waals surface area contributed by atoms with Crippen molar-refractivity contribution in [2.75, 3.05) is 18.4 Å². The number of hydrogen-bond donors (Lipinski definition) is 2. The molecule has 1 aromatic heterocycles. The molecule has 5 nitrogen and oxygen atoms in total. The van der Waals surface area contributed by atoms with Crippen LogP contribution in [0.4, 0.5) is 5.13 Å². The first-order valence-electron chi connectivity index (χ1n) is 4.53. The van der Waals surface area contributed by atoms with Crippen LogP contribution in [0.15, 0.2) is 0 Å². The third-order valence-electron chi connectivity index (χ3n) is 1.50. The third-order valence-corrected chi connectivity index (χ3v) is 2.26. The van der Waals surface area contributed by atoms with Crippen LogP contribution in [-0.2, 0) is 4.79 Å². The van der Waals surface area contributed by atoms with E-state index in [0.717, 1.165) is 18.8 Å². The molecule has 1 amide bonds. The number of anilines is 1. The highest BCUT2D eigenvalue weighted by Crippen LogP contribution is 2.08. The van der Waals surface area contributed by atoms with E-state index in [1.165, 1.54) is 11.5 Å². The van der Waals surface area contributed by atoms with Crippen LogP contribution in [0.3, 0.4) is 0 Å². The zero-order chi connectivity index (χ0) is 10.4. The number of carbonyl (C=O) groups is 1. The van der Waals surface area contributed by atoms with Crippen molar-refractivity contribution in [1.29, 1.82) is 0 Å². The van der Waals surface area contributed by atoms with Gasteiger partial charge in [0.1, 0.15) is 5.82 Å². The van der Waals surface area contributed by atoms with Crippen molar-refractivity contribution in [2.24, 2.45) is 0 Å². The van der Waals surface area contributed by atoms with Gasteiger partial charge in [-0.15, -0.1) is 0 Å². The highest BCUT2D eigenvalue weighted by Gasteiger charge is 2.02. The molecule has 0 aliphatic heterocycles. The minimum atomic E-state index is -0.0142. The summed E-state index contributed by atoms with van der Waals surface area (Å²) in [7, 11) is 0. The first kappa shape index (κ1) is 10.9. The summed E-state index contributed by atoms with van der Waals surface area (Å²) in [5.74, 6) is 0.714. The van der Waals surface area contributed by atoms with Gasteiger partial charge in [0.25, 0.3) is 0 Å². The van der Waals surface area contributed by atoms with Gasteiger partial charge in [-0.25, -0.2) is 4.98 Å². The summed E-state index contributed by atoms with van der Waals surface area (Å²) in [5, 5.41) is 6.36.